The van der Waals surface area contributed by atoms with Gasteiger partial charge in [0.1, 0.15) is 11.9 Å². The summed E-state index contributed by atoms with van der Waals surface area (Å²) in [5.74, 6) is 0.0758. The smallest absolute Gasteiger partial charge is 0.157 e. The lowest BCUT2D eigenvalue weighted by atomic mass is 10.1. The van der Waals surface area contributed by atoms with Crippen molar-refractivity contribution in [3.8, 4) is 5.75 Å². The van der Waals surface area contributed by atoms with Crippen molar-refractivity contribution in [1.29, 1.82) is 0 Å². The molecule has 0 saturated carbocycles. The van der Waals surface area contributed by atoms with Gasteiger partial charge in [0, 0.05) is 6.07 Å². The molecular weight excluding hydrogens is 297 g/mol. The SMILES string of the molecule is CC(Oc1c(N)cc(F)cc1Br)c1ccccc1. The highest BCUT2D eigenvalue weighted by atomic mass is 79.9. The third-order valence-corrected chi connectivity index (χ3v) is 3.19. The van der Waals surface area contributed by atoms with E-state index in [0.29, 0.717) is 10.2 Å². The summed E-state index contributed by atoms with van der Waals surface area (Å²) in [6.07, 6.45) is -0.157. The van der Waals surface area contributed by atoms with Gasteiger partial charge < -0.3 is 10.5 Å². The number of anilines is 1. The summed E-state index contributed by atoms with van der Waals surface area (Å²) < 4.78 is 19.4. The Hall–Kier alpha value is -1.55. The fourth-order valence-corrected chi connectivity index (χ4v) is 2.21. The van der Waals surface area contributed by atoms with Crippen molar-refractivity contribution in [3.05, 3.63) is 58.3 Å². The number of benzene rings is 2. The van der Waals surface area contributed by atoms with Crippen molar-refractivity contribution in [2.75, 3.05) is 5.73 Å². The fraction of sp³-hybridized carbons (Fsp3) is 0.143. The summed E-state index contributed by atoms with van der Waals surface area (Å²) in [5, 5.41) is 0. The Morgan fingerprint density at radius 2 is 1.89 bits per heavy atom. The lowest BCUT2D eigenvalue weighted by molar-refractivity contribution is 0.226. The van der Waals surface area contributed by atoms with Gasteiger partial charge in [-0.1, -0.05) is 30.3 Å². The zero-order chi connectivity index (χ0) is 13.1. The number of nitrogens with two attached hydrogens (primary N) is 1. The van der Waals surface area contributed by atoms with Crippen molar-refractivity contribution in [1.82, 2.24) is 0 Å². The molecule has 0 aliphatic rings. The van der Waals surface area contributed by atoms with Crippen LogP contribution in [0.3, 0.4) is 0 Å². The number of hydrogen-bond acceptors (Lipinski definition) is 2. The molecule has 0 aliphatic heterocycles. The zero-order valence-electron chi connectivity index (χ0n) is 9.86. The van der Waals surface area contributed by atoms with Crippen LogP contribution in [0.4, 0.5) is 10.1 Å². The van der Waals surface area contributed by atoms with Crippen LogP contribution in [-0.2, 0) is 0 Å². The van der Waals surface area contributed by atoms with Crippen molar-refractivity contribution < 1.29 is 9.13 Å². The van der Waals surface area contributed by atoms with E-state index in [4.69, 9.17) is 10.5 Å². The summed E-state index contributed by atoms with van der Waals surface area (Å²) in [4.78, 5) is 0. The predicted molar refractivity (Wildman–Crippen MR) is 74.0 cm³/mol. The maximum Gasteiger partial charge on any atom is 0.157 e. The average Bonchev–Trinajstić information content (AvgIpc) is 2.34. The molecule has 0 aliphatic carbocycles. The summed E-state index contributed by atoms with van der Waals surface area (Å²) in [6.45, 7) is 1.92. The van der Waals surface area contributed by atoms with E-state index in [1.54, 1.807) is 0 Å². The lowest BCUT2D eigenvalue weighted by Gasteiger charge is -2.17. The topological polar surface area (TPSA) is 35.2 Å². The minimum Gasteiger partial charge on any atom is -0.483 e. The van der Waals surface area contributed by atoms with Crippen LogP contribution >= 0.6 is 15.9 Å². The molecule has 94 valence electrons. The summed E-state index contributed by atoms with van der Waals surface area (Å²) in [7, 11) is 0. The van der Waals surface area contributed by atoms with Gasteiger partial charge in [-0.3, -0.25) is 0 Å². The second-order valence-corrected chi connectivity index (χ2v) is 4.83. The first-order chi connectivity index (χ1) is 8.58. The molecule has 0 fully saturated rings. The lowest BCUT2D eigenvalue weighted by Crippen LogP contribution is -2.05. The van der Waals surface area contributed by atoms with Crippen LogP contribution in [0, 0.1) is 5.82 Å². The molecule has 4 heteroatoms. The third-order valence-electron chi connectivity index (χ3n) is 2.60. The van der Waals surface area contributed by atoms with E-state index in [9.17, 15) is 4.39 Å². The van der Waals surface area contributed by atoms with E-state index in [-0.39, 0.29) is 17.6 Å². The van der Waals surface area contributed by atoms with Crippen molar-refractivity contribution in [2.24, 2.45) is 0 Å². The third kappa shape index (κ3) is 2.82. The number of nitrogen functional groups attached to an aromatic ring is 1. The highest BCUT2D eigenvalue weighted by molar-refractivity contribution is 9.10. The monoisotopic (exact) mass is 309 g/mol. The van der Waals surface area contributed by atoms with Crippen LogP contribution in [0.15, 0.2) is 46.9 Å². The Bertz CT molecular complexity index is 522. The van der Waals surface area contributed by atoms with E-state index in [2.05, 4.69) is 15.9 Å². The zero-order valence-corrected chi connectivity index (χ0v) is 11.4. The van der Waals surface area contributed by atoms with E-state index in [0.717, 1.165) is 5.56 Å². The first kappa shape index (κ1) is 12.9. The Morgan fingerprint density at radius 1 is 1.22 bits per heavy atom. The van der Waals surface area contributed by atoms with Gasteiger partial charge in [-0.25, -0.2) is 4.39 Å². The van der Waals surface area contributed by atoms with E-state index in [1.807, 2.05) is 37.3 Å². The second kappa shape index (κ2) is 5.40. The Balaban J connectivity index is 2.25. The van der Waals surface area contributed by atoms with E-state index < -0.39 is 0 Å². The first-order valence-corrected chi connectivity index (χ1v) is 6.33. The standard InChI is InChI=1S/C14H13BrFNO/c1-9(10-5-3-2-4-6-10)18-14-12(15)7-11(16)8-13(14)17/h2-9H,17H2,1H3. The van der Waals surface area contributed by atoms with Gasteiger partial charge in [0.25, 0.3) is 0 Å². The normalized spacial score (nSPS) is 12.2. The summed E-state index contributed by atoms with van der Waals surface area (Å²) in [6, 6.07) is 12.4. The van der Waals surface area contributed by atoms with E-state index >= 15 is 0 Å². The molecule has 2 aromatic rings. The van der Waals surface area contributed by atoms with Gasteiger partial charge in [-0.05, 0) is 34.5 Å². The molecule has 2 aromatic carbocycles. The molecule has 18 heavy (non-hydrogen) atoms. The molecule has 0 spiro atoms. The maximum absolute atomic E-state index is 13.1. The molecule has 2 N–H and O–H groups in total. The predicted octanol–water partition coefficient (Wildman–Crippen LogP) is 4.31. The average molecular weight is 310 g/mol. The highest BCUT2D eigenvalue weighted by Crippen LogP contribution is 2.35. The van der Waals surface area contributed by atoms with E-state index in [1.165, 1.54) is 12.1 Å². The van der Waals surface area contributed by atoms with Gasteiger partial charge in [-0.15, -0.1) is 0 Å². The van der Waals surface area contributed by atoms with Crippen LogP contribution in [0.25, 0.3) is 0 Å². The maximum atomic E-state index is 13.1. The molecule has 2 nitrogen and oxygen atoms in total. The summed E-state index contributed by atoms with van der Waals surface area (Å²) in [5.41, 5.74) is 7.07. The Labute approximate surface area is 114 Å². The van der Waals surface area contributed by atoms with Gasteiger partial charge >= 0.3 is 0 Å². The Kier molecular flexibility index (Phi) is 3.87. The van der Waals surface area contributed by atoms with Crippen LogP contribution in [0.5, 0.6) is 5.75 Å². The highest BCUT2D eigenvalue weighted by Gasteiger charge is 2.13. The quantitative estimate of drug-likeness (QED) is 0.857. The van der Waals surface area contributed by atoms with Gasteiger partial charge in [0.2, 0.25) is 0 Å². The van der Waals surface area contributed by atoms with Crippen LogP contribution in [-0.4, -0.2) is 0 Å². The summed E-state index contributed by atoms with van der Waals surface area (Å²) >= 11 is 3.25. The minimum absolute atomic E-state index is 0.157. The van der Waals surface area contributed by atoms with Gasteiger partial charge in [0.05, 0.1) is 10.2 Å². The molecule has 1 unspecified atom stereocenters. The van der Waals surface area contributed by atoms with Crippen molar-refractivity contribution >= 4 is 21.6 Å². The molecule has 2 rings (SSSR count). The fourth-order valence-electron chi connectivity index (χ4n) is 1.67. The molecule has 0 bridgehead atoms. The van der Waals surface area contributed by atoms with Crippen LogP contribution in [0.2, 0.25) is 0 Å². The largest absolute Gasteiger partial charge is 0.483 e. The van der Waals surface area contributed by atoms with Crippen LogP contribution < -0.4 is 10.5 Å². The molecule has 0 aromatic heterocycles. The number of hydrogen-bond donors (Lipinski definition) is 1. The molecule has 0 amide bonds. The number of ether oxygens (including phenoxy) is 1. The molecule has 1 atom stereocenters. The minimum atomic E-state index is -0.390. The van der Waals surface area contributed by atoms with Gasteiger partial charge in [0.15, 0.2) is 5.75 Å². The number of halogens is 2. The molecular formula is C14H13BrFNO. The molecule has 0 saturated heterocycles. The first-order valence-electron chi connectivity index (χ1n) is 5.54. The van der Waals surface area contributed by atoms with Crippen molar-refractivity contribution in [3.63, 3.8) is 0 Å². The van der Waals surface area contributed by atoms with Crippen molar-refractivity contribution in [2.45, 2.75) is 13.0 Å². The molecule has 0 heterocycles. The molecule has 0 radical (unpaired) electrons. The van der Waals surface area contributed by atoms with Gasteiger partial charge in [-0.2, -0.15) is 0 Å². The Morgan fingerprint density at radius 3 is 2.50 bits per heavy atom. The second-order valence-electron chi connectivity index (χ2n) is 3.98. The van der Waals surface area contributed by atoms with Crippen LogP contribution in [0.1, 0.15) is 18.6 Å². The number of rotatable bonds is 3.